The van der Waals surface area contributed by atoms with Gasteiger partial charge in [0.1, 0.15) is 0 Å². The minimum atomic E-state index is 0.0950. The number of benzene rings is 1. The van der Waals surface area contributed by atoms with E-state index in [0.717, 1.165) is 53.8 Å². The van der Waals surface area contributed by atoms with Gasteiger partial charge in [-0.05, 0) is 48.7 Å². The number of fused-ring (bicyclic) bond motifs is 1. The number of hydrogen-bond acceptors (Lipinski definition) is 7. The number of aromatic nitrogens is 4. The largest absolute Gasteiger partial charge is 0.481 e. The lowest BCUT2D eigenvalue weighted by Crippen LogP contribution is -2.48. The lowest BCUT2D eigenvalue weighted by atomic mass is 10.0. The van der Waals surface area contributed by atoms with E-state index >= 15 is 0 Å². The third-order valence-corrected chi connectivity index (χ3v) is 6.73. The molecule has 1 fully saturated rings. The Morgan fingerprint density at radius 2 is 2.00 bits per heavy atom. The van der Waals surface area contributed by atoms with Crippen LogP contribution in [0.4, 0.5) is 5.82 Å². The molecule has 1 aliphatic heterocycles. The van der Waals surface area contributed by atoms with Gasteiger partial charge in [-0.25, -0.2) is 4.98 Å². The molecule has 4 heterocycles. The van der Waals surface area contributed by atoms with Gasteiger partial charge in [-0.15, -0.1) is 5.10 Å². The van der Waals surface area contributed by atoms with Gasteiger partial charge >= 0.3 is 0 Å². The highest BCUT2D eigenvalue weighted by molar-refractivity contribution is 5.79. The van der Waals surface area contributed by atoms with Crippen molar-refractivity contribution in [1.82, 2.24) is 24.6 Å². The molecule has 1 unspecified atom stereocenters. The number of rotatable bonds is 7. The van der Waals surface area contributed by atoms with E-state index in [1.54, 1.807) is 19.5 Å². The van der Waals surface area contributed by atoms with Gasteiger partial charge in [0.15, 0.2) is 11.2 Å². The third kappa shape index (κ3) is 5.02. The van der Waals surface area contributed by atoms with E-state index in [2.05, 4.69) is 25.0 Å². The average Bonchev–Trinajstić information content (AvgIpc) is 2.92. The van der Waals surface area contributed by atoms with Crippen LogP contribution in [0.15, 0.2) is 71.9 Å². The van der Waals surface area contributed by atoms with Crippen LogP contribution < -0.4 is 15.1 Å². The number of pyridine rings is 2. The second-order valence-corrected chi connectivity index (χ2v) is 9.05. The number of methoxy groups -OCH3 is 1. The molecule has 3 aromatic heterocycles. The first-order chi connectivity index (χ1) is 17.1. The Bertz CT molecular complexity index is 1360. The number of anilines is 1. The summed E-state index contributed by atoms with van der Waals surface area (Å²) < 4.78 is 7.40. The molecular formula is C27H30N6O2. The summed E-state index contributed by atoms with van der Waals surface area (Å²) in [6.07, 6.45) is 7.55. The van der Waals surface area contributed by atoms with E-state index in [0.29, 0.717) is 19.0 Å². The Balaban J connectivity index is 1.48. The zero-order chi connectivity index (χ0) is 24.2. The summed E-state index contributed by atoms with van der Waals surface area (Å²) in [5, 5.41) is 9.14. The first-order valence-corrected chi connectivity index (χ1v) is 12.0. The predicted molar refractivity (Wildman–Crippen MR) is 136 cm³/mol. The lowest BCUT2D eigenvalue weighted by molar-refractivity contribution is 0.157. The molecule has 0 radical (unpaired) electrons. The second-order valence-electron chi connectivity index (χ2n) is 9.05. The maximum atomic E-state index is 13.4. The molecule has 0 amide bonds. The first-order valence-electron chi connectivity index (χ1n) is 12.0. The molecule has 35 heavy (non-hydrogen) atoms. The van der Waals surface area contributed by atoms with Gasteiger partial charge in [0, 0.05) is 74.9 Å². The molecule has 8 nitrogen and oxygen atoms in total. The maximum Gasteiger partial charge on any atom is 0.213 e. The number of ether oxygens (including phenoxy) is 1. The van der Waals surface area contributed by atoms with Crippen molar-refractivity contribution in [2.75, 3.05) is 25.1 Å². The first kappa shape index (κ1) is 23.0. The van der Waals surface area contributed by atoms with Crippen molar-refractivity contribution in [1.29, 1.82) is 0 Å². The Labute approximate surface area is 204 Å². The van der Waals surface area contributed by atoms with E-state index in [9.17, 15) is 4.79 Å². The molecule has 5 rings (SSSR count). The fraction of sp³-hybridized carbons (Fsp3) is 0.333. The molecule has 0 spiro atoms. The number of nitrogens with zero attached hydrogens (tertiary/aromatic N) is 6. The molecule has 0 N–H and O–H groups in total. The smallest absolute Gasteiger partial charge is 0.213 e. The van der Waals surface area contributed by atoms with Crippen LogP contribution in [0.1, 0.15) is 24.0 Å². The topological polar surface area (TPSA) is 76.4 Å². The van der Waals surface area contributed by atoms with Gasteiger partial charge in [-0.3, -0.25) is 9.69 Å². The molecule has 1 atom stereocenters. The maximum absolute atomic E-state index is 13.4. The molecule has 1 aliphatic rings. The molecule has 0 saturated carbocycles. The Morgan fingerprint density at radius 1 is 1.11 bits per heavy atom. The van der Waals surface area contributed by atoms with Crippen molar-refractivity contribution in [2.24, 2.45) is 7.05 Å². The quantitative estimate of drug-likeness (QED) is 0.410. The number of hydrogen-bond donors (Lipinski definition) is 0. The van der Waals surface area contributed by atoms with Crippen molar-refractivity contribution in [2.45, 2.75) is 32.0 Å². The van der Waals surface area contributed by atoms with E-state index in [1.807, 2.05) is 66.3 Å². The van der Waals surface area contributed by atoms with Crippen molar-refractivity contribution in [3.05, 3.63) is 88.5 Å². The summed E-state index contributed by atoms with van der Waals surface area (Å²) in [7, 11) is 3.63. The lowest BCUT2D eigenvalue weighted by Gasteiger charge is -2.40. The summed E-state index contributed by atoms with van der Waals surface area (Å²) in [4.78, 5) is 22.4. The van der Waals surface area contributed by atoms with Crippen LogP contribution in [0.2, 0.25) is 0 Å². The van der Waals surface area contributed by atoms with Crippen LogP contribution in [0, 0.1) is 0 Å². The van der Waals surface area contributed by atoms with E-state index in [1.165, 1.54) is 0 Å². The molecule has 180 valence electrons. The SMILES string of the molecule is COc1cc(CN(Cc2cn(C)c3ccccc3c2=O)C2CCCN(c3cccnn3)C2)ccn1. The number of piperidine rings is 1. The molecule has 8 heteroatoms. The van der Waals surface area contributed by atoms with E-state index in [4.69, 9.17) is 4.74 Å². The monoisotopic (exact) mass is 470 g/mol. The summed E-state index contributed by atoms with van der Waals surface area (Å²) in [6.45, 7) is 3.02. The highest BCUT2D eigenvalue weighted by atomic mass is 16.5. The van der Waals surface area contributed by atoms with Gasteiger partial charge in [0.2, 0.25) is 5.88 Å². The van der Waals surface area contributed by atoms with Gasteiger partial charge in [-0.2, -0.15) is 5.10 Å². The Morgan fingerprint density at radius 3 is 2.83 bits per heavy atom. The van der Waals surface area contributed by atoms with Crippen LogP contribution in [0.25, 0.3) is 10.9 Å². The summed E-state index contributed by atoms with van der Waals surface area (Å²) in [5.41, 5.74) is 2.94. The predicted octanol–water partition coefficient (Wildman–Crippen LogP) is 3.40. The highest BCUT2D eigenvalue weighted by Gasteiger charge is 2.27. The van der Waals surface area contributed by atoms with Gasteiger partial charge in [0.25, 0.3) is 0 Å². The van der Waals surface area contributed by atoms with Crippen LogP contribution >= 0.6 is 0 Å². The molecule has 0 bridgehead atoms. The van der Waals surface area contributed by atoms with Gasteiger partial charge in [0.05, 0.1) is 12.6 Å². The zero-order valence-corrected chi connectivity index (χ0v) is 20.2. The number of aryl methyl sites for hydroxylation is 1. The van der Waals surface area contributed by atoms with Crippen LogP contribution in [-0.4, -0.2) is 50.9 Å². The fourth-order valence-corrected chi connectivity index (χ4v) is 4.97. The van der Waals surface area contributed by atoms with Gasteiger partial charge < -0.3 is 14.2 Å². The van der Waals surface area contributed by atoms with Crippen molar-refractivity contribution < 1.29 is 4.74 Å². The van der Waals surface area contributed by atoms with Crippen LogP contribution in [0.3, 0.4) is 0 Å². The minimum Gasteiger partial charge on any atom is -0.481 e. The normalized spacial score (nSPS) is 16.1. The highest BCUT2D eigenvalue weighted by Crippen LogP contribution is 2.24. The van der Waals surface area contributed by atoms with Crippen molar-refractivity contribution in [3.8, 4) is 5.88 Å². The fourth-order valence-electron chi connectivity index (χ4n) is 4.97. The molecular weight excluding hydrogens is 440 g/mol. The summed E-state index contributed by atoms with van der Waals surface area (Å²) in [5.74, 6) is 1.48. The minimum absolute atomic E-state index is 0.0950. The average molecular weight is 471 g/mol. The van der Waals surface area contributed by atoms with Crippen molar-refractivity contribution >= 4 is 16.7 Å². The van der Waals surface area contributed by atoms with Crippen LogP contribution in [0.5, 0.6) is 5.88 Å². The number of para-hydroxylation sites is 1. The van der Waals surface area contributed by atoms with E-state index in [-0.39, 0.29) is 11.5 Å². The third-order valence-electron chi connectivity index (χ3n) is 6.73. The molecule has 1 saturated heterocycles. The van der Waals surface area contributed by atoms with Crippen LogP contribution in [-0.2, 0) is 20.1 Å². The van der Waals surface area contributed by atoms with E-state index < -0.39 is 0 Å². The molecule has 4 aromatic rings. The Hall–Kier alpha value is -3.78. The second kappa shape index (κ2) is 10.2. The molecule has 0 aliphatic carbocycles. The zero-order valence-electron chi connectivity index (χ0n) is 20.2. The molecule has 1 aromatic carbocycles. The summed E-state index contributed by atoms with van der Waals surface area (Å²) >= 11 is 0. The van der Waals surface area contributed by atoms with Crippen molar-refractivity contribution in [3.63, 3.8) is 0 Å². The standard InChI is InChI=1S/C27H30N6O2/c1-31-17-21(27(34)23-8-3-4-9-24(23)31)18-33(16-20-11-13-28-26(15-20)35-2)22-7-6-14-32(19-22)25-10-5-12-29-30-25/h3-5,8-13,15,17,22H,6-7,14,16,18-19H2,1-2H3. The Kier molecular flexibility index (Phi) is 6.72. The summed E-state index contributed by atoms with van der Waals surface area (Å²) in [6, 6.07) is 15.9. The van der Waals surface area contributed by atoms with Gasteiger partial charge in [-0.1, -0.05) is 12.1 Å².